The van der Waals surface area contributed by atoms with E-state index in [0.717, 1.165) is 63.0 Å². The molecule has 1 N–H and O–H groups in total. The summed E-state index contributed by atoms with van der Waals surface area (Å²) >= 11 is 0. The van der Waals surface area contributed by atoms with Crippen molar-refractivity contribution in [2.24, 2.45) is 29.6 Å². The van der Waals surface area contributed by atoms with Gasteiger partial charge in [0.25, 0.3) is 0 Å². The van der Waals surface area contributed by atoms with Crippen LogP contribution in [0.4, 0.5) is 0 Å². The van der Waals surface area contributed by atoms with Gasteiger partial charge in [-0.25, -0.2) is 0 Å². The minimum absolute atomic E-state index is 0.0630. The van der Waals surface area contributed by atoms with Gasteiger partial charge in [0.15, 0.2) is 11.6 Å². The maximum atomic E-state index is 14.1. The lowest BCUT2D eigenvalue weighted by atomic mass is 9.48. The van der Waals surface area contributed by atoms with Crippen LogP contribution in [0.2, 0.25) is 0 Å². The van der Waals surface area contributed by atoms with Gasteiger partial charge in [-0.05, 0) is 64.3 Å². The van der Waals surface area contributed by atoms with Crippen molar-refractivity contribution in [3.05, 3.63) is 110 Å². The summed E-state index contributed by atoms with van der Waals surface area (Å²) in [6.45, 7) is 0. The van der Waals surface area contributed by atoms with Gasteiger partial charge in [0, 0.05) is 48.2 Å². The van der Waals surface area contributed by atoms with Gasteiger partial charge >= 0.3 is 0 Å². The highest BCUT2D eigenvalue weighted by molar-refractivity contribution is 6.10. The number of hydrogen-bond donors (Lipinski definition) is 1. The number of phenolic OH excluding ortho intramolecular Hbond substituents is 1. The van der Waals surface area contributed by atoms with Gasteiger partial charge in [-0.3, -0.25) is 14.4 Å². The highest BCUT2D eigenvalue weighted by Crippen LogP contribution is 2.63. The molecule has 0 radical (unpaired) electrons. The number of carbonyl (C=O) groups excluding carboxylic acids is 3. The Kier molecular flexibility index (Phi) is 3.90. The minimum Gasteiger partial charge on any atom is -0.508 e. The molecule has 0 bridgehead atoms. The second-order valence-electron chi connectivity index (χ2n) is 12.2. The molecule has 0 aliphatic heterocycles. The third kappa shape index (κ3) is 2.41. The molecule has 6 atom stereocenters. The summed E-state index contributed by atoms with van der Waals surface area (Å²) in [5.41, 5.74) is 10.4. The van der Waals surface area contributed by atoms with E-state index in [1.807, 2.05) is 18.2 Å². The van der Waals surface area contributed by atoms with Crippen LogP contribution < -0.4 is 0 Å². The fourth-order valence-electron chi connectivity index (χ4n) is 9.27. The fraction of sp³-hybridized carbons (Fsp3) is 0.324. The van der Waals surface area contributed by atoms with Gasteiger partial charge in [-0.15, -0.1) is 0 Å². The lowest BCUT2D eigenvalue weighted by Crippen LogP contribution is -2.50. The SMILES string of the molecule is O=C1CC2C3=C(C=CC4C5=CC(=O)C6C7=CC=CCC7CC7=C6C5C(C(=O)C7)C1=C34)Cc1c(O)cccc12. The van der Waals surface area contributed by atoms with Crippen molar-refractivity contribution in [1.29, 1.82) is 0 Å². The first kappa shape index (κ1) is 21.2. The number of rotatable bonds is 0. The molecular weight excluding hydrogens is 472 g/mol. The molecule has 38 heavy (non-hydrogen) atoms. The number of aromatic hydroxyl groups is 1. The van der Waals surface area contributed by atoms with Crippen molar-refractivity contribution in [2.75, 3.05) is 0 Å². The van der Waals surface area contributed by atoms with E-state index in [-0.39, 0.29) is 46.8 Å². The Morgan fingerprint density at radius 1 is 0.921 bits per heavy atom. The molecule has 0 fully saturated rings. The van der Waals surface area contributed by atoms with Crippen LogP contribution in [0.3, 0.4) is 0 Å². The van der Waals surface area contributed by atoms with Crippen LogP contribution in [-0.2, 0) is 20.8 Å². The molecule has 0 saturated heterocycles. The zero-order chi connectivity index (χ0) is 25.4. The van der Waals surface area contributed by atoms with Crippen LogP contribution in [0.25, 0.3) is 0 Å². The second-order valence-corrected chi connectivity index (χ2v) is 12.2. The van der Waals surface area contributed by atoms with Gasteiger partial charge in [-0.2, -0.15) is 0 Å². The number of ketones is 3. The van der Waals surface area contributed by atoms with Gasteiger partial charge in [0.2, 0.25) is 0 Å². The molecule has 0 heterocycles. The highest BCUT2D eigenvalue weighted by Gasteiger charge is 2.58. The third-order valence-corrected chi connectivity index (χ3v) is 10.6. The van der Waals surface area contributed by atoms with E-state index in [4.69, 9.17) is 0 Å². The predicted octanol–water partition coefficient (Wildman–Crippen LogP) is 5.33. The Morgan fingerprint density at radius 3 is 2.71 bits per heavy atom. The van der Waals surface area contributed by atoms with Crippen molar-refractivity contribution in [2.45, 2.75) is 38.0 Å². The summed E-state index contributed by atoms with van der Waals surface area (Å²) in [6.07, 6.45) is 15.6. The van der Waals surface area contributed by atoms with Crippen molar-refractivity contribution < 1.29 is 19.5 Å². The highest BCUT2D eigenvalue weighted by atomic mass is 16.3. The Balaban J connectivity index is 1.29. The molecule has 9 rings (SSSR count). The molecule has 6 unspecified atom stereocenters. The number of allylic oxidation sites excluding steroid dienone is 14. The first-order chi connectivity index (χ1) is 18.5. The quantitative estimate of drug-likeness (QED) is 0.491. The summed E-state index contributed by atoms with van der Waals surface area (Å²) in [5.74, 6) is -0.311. The molecule has 1 aromatic rings. The zero-order valence-electron chi connectivity index (χ0n) is 20.9. The Hall–Kier alpha value is -3.79. The first-order valence-electron chi connectivity index (χ1n) is 13.9. The zero-order valence-corrected chi connectivity index (χ0v) is 20.9. The molecule has 0 saturated carbocycles. The average molecular weight is 499 g/mol. The molecule has 0 spiro atoms. The lowest BCUT2D eigenvalue weighted by molar-refractivity contribution is -0.126. The maximum Gasteiger partial charge on any atom is 0.166 e. The monoisotopic (exact) mass is 498 g/mol. The van der Waals surface area contributed by atoms with Gasteiger partial charge < -0.3 is 5.11 Å². The van der Waals surface area contributed by atoms with Crippen molar-refractivity contribution in [3.8, 4) is 5.75 Å². The standard InChI is InChI=1S/C34H26O4/c35-24-7-3-6-19-21(24)11-16-8-9-20-23-14-26(37)30-18-5-2-1-4-15(18)10-17-12-25(36)33(32(23)29(17)30)34-27(38)13-22(19)28(16)31(20)34/h1-3,5-9,14-15,20,22,30,32-33,35H,4,10-13H2. The molecule has 186 valence electrons. The molecule has 0 amide bonds. The van der Waals surface area contributed by atoms with Crippen molar-refractivity contribution in [1.82, 2.24) is 0 Å². The number of carbonyl (C=O) groups is 3. The largest absolute Gasteiger partial charge is 0.508 e. The van der Waals surface area contributed by atoms with E-state index < -0.39 is 5.92 Å². The lowest BCUT2D eigenvalue weighted by Gasteiger charge is -2.53. The Morgan fingerprint density at radius 2 is 1.82 bits per heavy atom. The number of phenols is 1. The normalized spacial score (nSPS) is 35.4. The number of benzene rings is 1. The van der Waals surface area contributed by atoms with E-state index in [0.29, 0.717) is 25.2 Å². The van der Waals surface area contributed by atoms with E-state index in [9.17, 15) is 19.5 Å². The van der Waals surface area contributed by atoms with E-state index in [1.165, 1.54) is 5.57 Å². The second kappa shape index (κ2) is 6.99. The number of fused-ring (bicyclic) bond motifs is 6. The topological polar surface area (TPSA) is 71.4 Å². The smallest absolute Gasteiger partial charge is 0.166 e. The molecule has 4 heteroatoms. The van der Waals surface area contributed by atoms with Crippen LogP contribution in [0.15, 0.2) is 99.2 Å². The minimum atomic E-state index is -0.489. The van der Waals surface area contributed by atoms with Crippen molar-refractivity contribution in [3.63, 3.8) is 0 Å². The number of hydrogen-bond acceptors (Lipinski definition) is 4. The van der Waals surface area contributed by atoms with Gasteiger partial charge in [0.1, 0.15) is 11.5 Å². The van der Waals surface area contributed by atoms with Crippen LogP contribution in [0.1, 0.15) is 42.7 Å². The molecule has 0 aromatic heterocycles. The summed E-state index contributed by atoms with van der Waals surface area (Å²) in [6, 6.07) is 5.60. The van der Waals surface area contributed by atoms with Gasteiger partial charge in [0.05, 0.1) is 11.8 Å². The first-order valence-corrected chi connectivity index (χ1v) is 13.9. The third-order valence-electron chi connectivity index (χ3n) is 10.6. The van der Waals surface area contributed by atoms with Crippen LogP contribution >= 0.6 is 0 Å². The van der Waals surface area contributed by atoms with Gasteiger partial charge in [-0.1, -0.05) is 53.7 Å². The van der Waals surface area contributed by atoms with Crippen LogP contribution in [-0.4, -0.2) is 22.5 Å². The maximum absolute atomic E-state index is 14.1. The predicted molar refractivity (Wildman–Crippen MR) is 141 cm³/mol. The Bertz CT molecular complexity index is 1680. The summed E-state index contributed by atoms with van der Waals surface area (Å²) < 4.78 is 0. The molecule has 4 nitrogen and oxygen atoms in total. The molecule has 8 aliphatic carbocycles. The van der Waals surface area contributed by atoms with E-state index >= 15 is 0 Å². The summed E-state index contributed by atoms with van der Waals surface area (Å²) in [5, 5.41) is 10.6. The number of Topliss-reactive ketones (excluding diaryl/α,β-unsaturated/α-hetero) is 2. The molecular formula is C34H26O4. The average Bonchev–Trinajstić information content (AvgIpc) is 2.91. The van der Waals surface area contributed by atoms with E-state index in [1.54, 1.807) is 6.07 Å². The van der Waals surface area contributed by atoms with Crippen molar-refractivity contribution >= 4 is 17.3 Å². The van der Waals surface area contributed by atoms with E-state index in [2.05, 4.69) is 30.4 Å². The summed E-state index contributed by atoms with van der Waals surface area (Å²) in [7, 11) is 0. The molecule has 1 aromatic carbocycles. The van der Waals surface area contributed by atoms with Crippen LogP contribution in [0.5, 0.6) is 5.75 Å². The van der Waals surface area contributed by atoms with Crippen LogP contribution in [0, 0.1) is 29.6 Å². The fourth-order valence-corrected chi connectivity index (χ4v) is 9.27. The molecule has 8 aliphatic rings. The summed E-state index contributed by atoms with van der Waals surface area (Å²) in [4.78, 5) is 41.9. The Labute approximate surface area is 220 Å².